The third kappa shape index (κ3) is 4.68. The summed E-state index contributed by atoms with van der Waals surface area (Å²) in [5.74, 6) is 1.45. The number of hydrogen-bond acceptors (Lipinski definition) is 5. The van der Waals surface area contributed by atoms with Crippen LogP contribution in [0.3, 0.4) is 0 Å². The third-order valence-corrected chi connectivity index (χ3v) is 7.48. The minimum absolute atomic E-state index is 0.117. The SMILES string of the molecule is CCOc1ccc(C2C3=C(OC4CCC(C)CC4C3=O)C(=O)N2CCCN(CC)CC)cc1. The molecule has 0 N–H and O–H groups in total. The van der Waals surface area contributed by atoms with E-state index in [1.165, 1.54) is 0 Å². The highest BCUT2D eigenvalue weighted by Gasteiger charge is 2.52. The van der Waals surface area contributed by atoms with Crippen LogP contribution in [-0.2, 0) is 14.3 Å². The average molecular weight is 455 g/mol. The van der Waals surface area contributed by atoms with Crippen LogP contribution >= 0.6 is 0 Å². The number of ether oxygens (including phenoxy) is 2. The molecule has 6 nitrogen and oxygen atoms in total. The zero-order chi connectivity index (χ0) is 23.5. The Morgan fingerprint density at radius 3 is 2.48 bits per heavy atom. The number of amides is 1. The average Bonchev–Trinajstić information content (AvgIpc) is 3.10. The van der Waals surface area contributed by atoms with Gasteiger partial charge in [0.15, 0.2) is 11.5 Å². The van der Waals surface area contributed by atoms with Crippen LogP contribution in [0.15, 0.2) is 35.6 Å². The summed E-state index contributed by atoms with van der Waals surface area (Å²) in [4.78, 5) is 31.5. The lowest BCUT2D eigenvalue weighted by molar-refractivity contribution is -0.136. The Balaban J connectivity index is 1.64. The highest BCUT2D eigenvalue weighted by molar-refractivity contribution is 6.11. The van der Waals surface area contributed by atoms with Gasteiger partial charge in [0.05, 0.1) is 24.1 Å². The lowest BCUT2D eigenvalue weighted by Gasteiger charge is -2.37. The second kappa shape index (κ2) is 10.3. The highest BCUT2D eigenvalue weighted by atomic mass is 16.5. The summed E-state index contributed by atoms with van der Waals surface area (Å²) in [5, 5.41) is 0. The molecule has 1 aromatic rings. The number of rotatable bonds is 9. The van der Waals surface area contributed by atoms with Gasteiger partial charge in [-0.05, 0) is 75.9 Å². The molecule has 2 aliphatic heterocycles. The van der Waals surface area contributed by atoms with E-state index in [9.17, 15) is 9.59 Å². The molecule has 180 valence electrons. The molecule has 1 aliphatic carbocycles. The maximum absolute atomic E-state index is 13.8. The Morgan fingerprint density at radius 1 is 1.09 bits per heavy atom. The number of Topliss-reactive ketones (excluding diaryl/α,β-unsaturated/α-hetero) is 1. The van der Waals surface area contributed by atoms with Gasteiger partial charge in [-0.3, -0.25) is 9.59 Å². The smallest absolute Gasteiger partial charge is 0.290 e. The van der Waals surface area contributed by atoms with Crippen LogP contribution < -0.4 is 4.74 Å². The van der Waals surface area contributed by atoms with Gasteiger partial charge in [-0.1, -0.05) is 32.9 Å². The van der Waals surface area contributed by atoms with Gasteiger partial charge >= 0.3 is 0 Å². The van der Waals surface area contributed by atoms with Crippen LogP contribution in [-0.4, -0.2) is 60.4 Å². The molecule has 2 heterocycles. The van der Waals surface area contributed by atoms with Gasteiger partial charge in [0.25, 0.3) is 5.91 Å². The molecule has 0 saturated heterocycles. The molecule has 1 aromatic carbocycles. The predicted octanol–water partition coefficient (Wildman–Crippen LogP) is 4.36. The number of nitrogens with zero attached hydrogens (tertiary/aromatic N) is 2. The number of fused-ring (bicyclic) bond motifs is 1. The summed E-state index contributed by atoms with van der Waals surface area (Å²) >= 11 is 0. The van der Waals surface area contributed by atoms with Crippen molar-refractivity contribution in [3.05, 3.63) is 41.2 Å². The highest BCUT2D eigenvalue weighted by Crippen LogP contribution is 2.47. The lowest BCUT2D eigenvalue weighted by Crippen LogP contribution is -2.41. The van der Waals surface area contributed by atoms with Crippen LogP contribution in [0.25, 0.3) is 0 Å². The van der Waals surface area contributed by atoms with Gasteiger partial charge in [-0.15, -0.1) is 0 Å². The zero-order valence-electron chi connectivity index (χ0n) is 20.5. The number of hydrogen-bond donors (Lipinski definition) is 0. The fourth-order valence-electron chi connectivity index (χ4n) is 5.62. The van der Waals surface area contributed by atoms with Crippen molar-refractivity contribution >= 4 is 11.7 Å². The van der Waals surface area contributed by atoms with E-state index < -0.39 is 0 Å². The molecule has 0 radical (unpaired) electrons. The van der Waals surface area contributed by atoms with Crippen LogP contribution in [0.1, 0.15) is 65.0 Å². The summed E-state index contributed by atoms with van der Waals surface area (Å²) in [6.07, 6.45) is 3.43. The number of ketones is 1. The molecule has 4 unspecified atom stereocenters. The van der Waals surface area contributed by atoms with E-state index in [2.05, 4.69) is 25.7 Å². The Hall–Kier alpha value is -2.34. The first kappa shape index (κ1) is 23.8. The largest absolute Gasteiger partial charge is 0.494 e. The van der Waals surface area contributed by atoms with E-state index >= 15 is 0 Å². The fourth-order valence-corrected chi connectivity index (χ4v) is 5.62. The Kier molecular flexibility index (Phi) is 7.42. The number of benzene rings is 1. The van der Waals surface area contributed by atoms with E-state index in [-0.39, 0.29) is 29.8 Å². The van der Waals surface area contributed by atoms with Crippen LogP contribution in [0.4, 0.5) is 0 Å². The van der Waals surface area contributed by atoms with E-state index in [0.29, 0.717) is 30.4 Å². The predicted molar refractivity (Wildman–Crippen MR) is 128 cm³/mol. The summed E-state index contributed by atoms with van der Waals surface area (Å²) in [7, 11) is 0. The Labute approximate surface area is 197 Å². The Morgan fingerprint density at radius 2 is 1.82 bits per heavy atom. The monoisotopic (exact) mass is 454 g/mol. The van der Waals surface area contributed by atoms with Crippen molar-refractivity contribution in [2.45, 2.75) is 65.5 Å². The lowest BCUT2D eigenvalue weighted by atomic mass is 9.74. The van der Waals surface area contributed by atoms with Gasteiger partial charge in [-0.25, -0.2) is 0 Å². The molecular formula is C27H38N2O4. The van der Waals surface area contributed by atoms with Crippen LogP contribution in [0.5, 0.6) is 5.75 Å². The molecule has 4 atom stereocenters. The molecule has 1 saturated carbocycles. The molecule has 6 heteroatoms. The topological polar surface area (TPSA) is 59.1 Å². The minimum atomic E-state index is -0.384. The van der Waals surface area contributed by atoms with Gasteiger partial charge in [0.2, 0.25) is 0 Å². The van der Waals surface area contributed by atoms with Gasteiger partial charge in [-0.2, -0.15) is 0 Å². The standard InChI is InChI=1S/C27H38N2O4/c1-5-28(6-2)15-8-16-29-24(19-10-12-20(13-11-19)32-7-3)23-25(30)21-17-18(4)9-14-22(21)33-26(23)27(29)31/h10-13,18,21-22,24H,5-9,14-17H2,1-4H3. The third-order valence-electron chi connectivity index (χ3n) is 7.48. The molecule has 0 aromatic heterocycles. The van der Waals surface area contributed by atoms with E-state index in [0.717, 1.165) is 56.6 Å². The molecule has 3 aliphatic rings. The first-order valence-corrected chi connectivity index (χ1v) is 12.7. The van der Waals surface area contributed by atoms with Gasteiger partial charge in [0.1, 0.15) is 11.9 Å². The number of carbonyl (C=O) groups excluding carboxylic acids is 2. The van der Waals surface area contributed by atoms with E-state index in [1.54, 1.807) is 0 Å². The van der Waals surface area contributed by atoms with E-state index in [1.807, 2.05) is 36.1 Å². The van der Waals surface area contributed by atoms with Crippen molar-refractivity contribution in [1.29, 1.82) is 0 Å². The van der Waals surface area contributed by atoms with E-state index in [4.69, 9.17) is 9.47 Å². The molecule has 33 heavy (non-hydrogen) atoms. The van der Waals surface area contributed by atoms with Gasteiger partial charge in [0, 0.05) is 6.54 Å². The molecule has 4 rings (SSSR count). The summed E-state index contributed by atoms with van der Waals surface area (Å²) in [6.45, 7) is 12.6. The quantitative estimate of drug-likeness (QED) is 0.555. The molecule has 0 bridgehead atoms. The number of carbonyl (C=O) groups is 2. The van der Waals surface area contributed by atoms with Crippen molar-refractivity contribution < 1.29 is 19.1 Å². The summed E-state index contributed by atoms with van der Waals surface area (Å²) < 4.78 is 11.9. The second-order valence-electron chi connectivity index (χ2n) is 9.57. The van der Waals surface area contributed by atoms with Crippen LogP contribution in [0, 0.1) is 11.8 Å². The summed E-state index contributed by atoms with van der Waals surface area (Å²) in [5.41, 5.74) is 1.52. The van der Waals surface area contributed by atoms with Crippen molar-refractivity contribution in [3.8, 4) is 5.75 Å². The first-order valence-electron chi connectivity index (χ1n) is 12.7. The Bertz CT molecular complexity index is 890. The molecule has 0 spiro atoms. The molecular weight excluding hydrogens is 416 g/mol. The van der Waals surface area contributed by atoms with Gasteiger partial charge < -0.3 is 19.3 Å². The zero-order valence-corrected chi connectivity index (χ0v) is 20.5. The van der Waals surface area contributed by atoms with Crippen LogP contribution in [0.2, 0.25) is 0 Å². The van der Waals surface area contributed by atoms with Crippen molar-refractivity contribution in [2.24, 2.45) is 11.8 Å². The first-order chi connectivity index (χ1) is 16.0. The maximum atomic E-state index is 13.8. The summed E-state index contributed by atoms with van der Waals surface area (Å²) in [6, 6.07) is 7.44. The molecule has 1 amide bonds. The molecule has 1 fully saturated rings. The van der Waals surface area contributed by atoms with Crippen molar-refractivity contribution in [2.75, 3.05) is 32.8 Å². The normalized spacial score (nSPS) is 27.0. The maximum Gasteiger partial charge on any atom is 0.290 e. The fraction of sp³-hybridized carbons (Fsp3) is 0.630. The second-order valence-corrected chi connectivity index (χ2v) is 9.57. The minimum Gasteiger partial charge on any atom is -0.494 e. The van der Waals surface area contributed by atoms with Crippen molar-refractivity contribution in [3.63, 3.8) is 0 Å². The van der Waals surface area contributed by atoms with Crippen molar-refractivity contribution in [1.82, 2.24) is 9.80 Å².